The summed E-state index contributed by atoms with van der Waals surface area (Å²) in [6, 6.07) is 10.5. The minimum absolute atomic E-state index is 0.0208. The summed E-state index contributed by atoms with van der Waals surface area (Å²) in [5.74, 6) is -0.628. The number of carbonyl (C=O) groups is 3. The number of hydrogen-bond donors (Lipinski definition) is 2. The molecule has 3 rings (SSSR count). The Labute approximate surface area is 143 Å². The Morgan fingerprint density at radius 3 is 2.79 bits per heavy atom. The number of hydrogen-bond acceptors (Lipinski definition) is 4. The molecule has 0 saturated carbocycles. The molecule has 6 nitrogen and oxygen atoms in total. The van der Waals surface area contributed by atoms with Crippen LogP contribution in [0.5, 0.6) is 0 Å². The van der Waals surface area contributed by atoms with Crippen molar-refractivity contribution < 1.29 is 14.4 Å². The number of thiophene rings is 1. The van der Waals surface area contributed by atoms with E-state index >= 15 is 0 Å². The topological polar surface area (TPSA) is 78.5 Å². The lowest BCUT2D eigenvalue weighted by Gasteiger charge is -2.30. The van der Waals surface area contributed by atoms with Gasteiger partial charge >= 0.3 is 0 Å². The fraction of sp³-hybridized carbons (Fsp3) is 0.235. The summed E-state index contributed by atoms with van der Waals surface area (Å²) in [7, 11) is 0. The van der Waals surface area contributed by atoms with Gasteiger partial charge in [0.1, 0.15) is 6.54 Å². The first-order chi connectivity index (χ1) is 11.5. The molecular weight excluding hydrogens is 326 g/mol. The molecule has 0 radical (unpaired) electrons. The van der Waals surface area contributed by atoms with Crippen molar-refractivity contribution >= 4 is 40.4 Å². The number of anilines is 2. The van der Waals surface area contributed by atoms with Crippen molar-refractivity contribution in [2.24, 2.45) is 0 Å². The van der Waals surface area contributed by atoms with E-state index in [2.05, 4.69) is 10.6 Å². The lowest BCUT2D eigenvalue weighted by atomic mass is 10.1. The molecule has 0 saturated heterocycles. The monoisotopic (exact) mass is 343 g/mol. The van der Waals surface area contributed by atoms with Crippen LogP contribution in [0.25, 0.3) is 0 Å². The number of para-hydroxylation sites is 2. The molecular formula is C17H17N3O3S. The van der Waals surface area contributed by atoms with Crippen LogP contribution >= 0.6 is 11.3 Å². The van der Waals surface area contributed by atoms with Crippen LogP contribution in [-0.4, -0.2) is 24.3 Å². The van der Waals surface area contributed by atoms with E-state index in [1.165, 1.54) is 23.2 Å². The molecule has 1 aromatic carbocycles. The number of rotatable bonds is 4. The molecule has 0 fully saturated rings. The van der Waals surface area contributed by atoms with Gasteiger partial charge in [0.15, 0.2) is 0 Å². The lowest BCUT2D eigenvalue weighted by Crippen LogP contribution is -2.43. The van der Waals surface area contributed by atoms with Gasteiger partial charge in [-0.05, 0) is 23.6 Å². The average Bonchev–Trinajstić information content (AvgIpc) is 3.07. The van der Waals surface area contributed by atoms with E-state index in [1.54, 1.807) is 18.2 Å². The molecule has 3 amide bonds. The van der Waals surface area contributed by atoms with Gasteiger partial charge in [0, 0.05) is 11.8 Å². The number of nitrogens with zero attached hydrogens (tertiary/aromatic N) is 1. The minimum Gasteiger partial charge on any atom is -0.348 e. The number of benzene rings is 1. The maximum absolute atomic E-state index is 12.8. The Hall–Kier alpha value is -2.67. The van der Waals surface area contributed by atoms with Crippen LogP contribution in [-0.2, 0) is 14.4 Å². The highest BCUT2D eigenvalue weighted by molar-refractivity contribution is 7.10. The van der Waals surface area contributed by atoms with Gasteiger partial charge in [-0.25, -0.2) is 0 Å². The normalized spacial score (nSPS) is 14.5. The molecule has 124 valence electrons. The van der Waals surface area contributed by atoms with Gasteiger partial charge in [-0.2, -0.15) is 0 Å². The van der Waals surface area contributed by atoms with Crippen LogP contribution in [0.1, 0.15) is 24.3 Å². The maximum atomic E-state index is 12.8. The highest BCUT2D eigenvalue weighted by Crippen LogP contribution is 2.31. The van der Waals surface area contributed by atoms with Gasteiger partial charge in [-0.3, -0.25) is 14.4 Å². The van der Waals surface area contributed by atoms with Crippen molar-refractivity contribution in [3.63, 3.8) is 0 Å². The van der Waals surface area contributed by atoms with E-state index in [1.807, 2.05) is 23.6 Å². The summed E-state index contributed by atoms with van der Waals surface area (Å²) in [6.07, 6.45) is 0.0989. The second-order valence-corrected chi connectivity index (χ2v) is 6.50. The number of fused-ring (bicyclic) bond motifs is 1. The molecule has 1 aromatic heterocycles. The third-order valence-corrected chi connectivity index (χ3v) is 4.70. The third-order valence-electron chi connectivity index (χ3n) is 3.71. The number of nitrogens with one attached hydrogen (secondary N) is 2. The fourth-order valence-electron chi connectivity index (χ4n) is 2.70. The molecule has 0 bridgehead atoms. The van der Waals surface area contributed by atoms with Gasteiger partial charge in [0.25, 0.3) is 0 Å². The van der Waals surface area contributed by atoms with Gasteiger partial charge in [-0.15, -0.1) is 11.3 Å². The first kappa shape index (κ1) is 16.2. The number of carbonyl (C=O) groups excluding carboxylic acids is 3. The second kappa shape index (κ2) is 6.84. The first-order valence-electron chi connectivity index (χ1n) is 7.54. The molecule has 2 heterocycles. The summed E-state index contributed by atoms with van der Waals surface area (Å²) in [4.78, 5) is 38.5. The van der Waals surface area contributed by atoms with Crippen molar-refractivity contribution in [3.8, 4) is 0 Å². The smallest absolute Gasteiger partial charge is 0.244 e. The van der Waals surface area contributed by atoms with Crippen molar-refractivity contribution in [3.05, 3.63) is 46.7 Å². The molecule has 0 aliphatic carbocycles. The Morgan fingerprint density at radius 1 is 1.29 bits per heavy atom. The summed E-state index contributed by atoms with van der Waals surface area (Å²) in [5.41, 5.74) is 1.30. The van der Waals surface area contributed by atoms with Gasteiger partial charge in [0.05, 0.1) is 23.8 Å². The average molecular weight is 343 g/mol. The van der Waals surface area contributed by atoms with Crippen molar-refractivity contribution in [1.29, 1.82) is 0 Å². The summed E-state index contributed by atoms with van der Waals surface area (Å²) < 4.78 is 0. The molecule has 1 aliphatic rings. The zero-order valence-corrected chi connectivity index (χ0v) is 13.9. The summed E-state index contributed by atoms with van der Waals surface area (Å²) >= 11 is 1.48. The van der Waals surface area contributed by atoms with Crippen LogP contribution in [0, 0.1) is 0 Å². The Bertz CT molecular complexity index is 773. The number of amides is 3. The van der Waals surface area contributed by atoms with Gasteiger partial charge in [-0.1, -0.05) is 18.2 Å². The van der Waals surface area contributed by atoms with Crippen LogP contribution in [0.4, 0.5) is 11.4 Å². The summed E-state index contributed by atoms with van der Waals surface area (Å²) in [6.45, 7) is 1.40. The van der Waals surface area contributed by atoms with Gasteiger partial charge in [0.2, 0.25) is 17.7 Å². The van der Waals surface area contributed by atoms with Crippen LogP contribution in [0.15, 0.2) is 41.8 Å². The lowest BCUT2D eigenvalue weighted by molar-refractivity contribution is -0.123. The first-order valence-corrected chi connectivity index (χ1v) is 8.42. The van der Waals surface area contributed by atoms with E-state index in [-0.39, 0.29) is 30.7 Å². The van der Waals surface area contributed by atoms with E-state index in [9.17, 15) is 14.4 Å². The Kier molecular flexibility index (Phi) is 4.61. The minimum atomic E-state index is -0.396. The largest absolute Gasteiger partial charge is 0.348 e. The van der Waals surface area contributed by atoms with E-state index in [4.69, 9.17) is 0 Å². The zero-order valence-electron chi connectivity index (χ0n) is 13.1. The quantitative estimate of drug-likeness (QED) is 0.894. The van der Waals surface area contributed by atoms with Crippen molar-refractivity contribution in [1.82, 2.24) is 5.32 Å². The second-order valence-electron chi connectivity index (χ2n) is 5.52. The Morgan fingerprint density at radius 2 is 2.08 bits per heavy atom. The molecule has 2 N–H and O–H groups in total. The third kappa shape index (κ3) is 3.46. The molecule has 2 aromatic rings. The summed E-state index contributed by atoms with van der Waals surface area (Å²) in [5, 5.41) is 7.47. The molecule has 24 heavy (non-hydrogen) atoms. The van der Waals surface area contributed by atoms with Crippen molar-refractivity contribution in [2.75, 3.05) is 16.8 Å². The Balaban J connectivity index is 1.83. The highest BCUT2D eigenvalue weighted by Gasteiger charge is 2.29. The standard InChI is InChI=1S/C17H17N3O3S/c1-11(21)18-13(15-7-4-8-24-15)9-17(23)20-10-16(22)19-12-5-2-3-6-14(12)20/h2-8,13H,9-10H2,1H3,(H,18,21)(H,19,22). The van der Waals surface area contributed by atoms with Crippen molar-refractivity contribution in [2.45, 2.75) is 19.4 Å². The van der Waals surface area contributed by atoms with Gasteiger partial charge < -0.3 is 15.5 Å². The SMILES string of the molecule is CC(=O)NC(CC(=O)N1CC(=O)Nc2ccccc21)c1cccs1. The highest BCUT2D eigenvalue weighted by atomic mass is 32.1. The predicted molar refractivity (Wildman–Crippen MR) is 92.9 cm³/mol. The molecule has 1 unspecified atom stereocenters. The maximum Gasteiger partial charge on any atom is 0.244 e. The van der Waals surface area contributed by atoms with E-state index in [0.717, 1.165) is 4.88 Å². The fourth-order valence-corrected chi connectivity index (χ4v) is 3.48. The van der Waals surface area contributed by atoms with E-state index < -0.39 is 6.04 Å². The van der Waals surface area contributed by atoms with Crippen LogP contribution in [0.3, 0.4) is 0 Å². The predicted octanol–water partition coefficient (Wildman–Crippen LogP) is 2.30. The van der Waals surface area contributed by atoms with Crippen LogP contribution in [0.2, 0.25) is 0 Å². The molecule has 0 spiro atoms. The molecule has 1 atom stereocenters. The molecule has 1 aliphatic heterocycles. The zero-order chi connectivity index (χ0) is 17.1. The molecule has 7 heteroatoms. The van der Waals surface area contributed by atoms with Crippen LogP contribution < -0.4 is 15.5 Å². The van der Waals surface area contributed by atoms with E-state index in [0.29, 0.717) is 11.4 Å².